The van der Waals surface area contributed by atoms with Gasteiger partial charge in [-0.15, -0.1) is 10.2 Å². The quantitative estimate of drug-likeness (QED) is 0.330. The van der Waals surface area contributed by atoms with Crippen LogP contribution in [0.4, 0.5) is 8.78 Å². The number of benzene rings is 3. The van der Waals surface area contributed by atoms with Crippen molar-refractivity contribution in [1.82, 2.24) is 14.8 Å². The number of nitrogens with zero attached hydrogens (tertiary/aromatic N) is 3. The number of aromatic nitrogens is 3. The molecule has 0 fully saturated rings. The molecule has 0 radical (unpaired) electrons. The van der Waals surface area contributed by atoms with E-state index in [1.807, 2.05) is 47.9 Å². The Morgan fingerprint density at radius 2 is 1.47 bits per heavy atom. The molecule has 5 nitrogen and oxygen atoms in total. The van der Waals surface area contributed by atoms with Gasteiger partial charge >= 0.3 is 0 Å². The zero-order chi connectivity index (χ0) is 22.7. The van der Waals surface area contributed by atoms with E-state index in [0.717, 1.165) is 22.9 Å². The van der Waals surface area contributed by atoms with Crippen molar-refractivity contribution < 1.29 is 18.3 Å². The lowest BCUT2D eigenvalue weighted by Gasteiger charge is -2.12. The van der Waals surface area contributed by atoms with Crippen LogP contribution in [0.15, 0.2) is 65.8 Å². The maximum atomic E-state index is 13.6. The molecule has 0 saturated carbocycles. The van der Waals surface area contributed by atoms with Crippen LogP contribution in [0.5, 0.6) is 11.5 Å². The average molecular weight is 454 g/mol. The predicted molar refractivity (Wildman–Crippen MR) is 121 cm³/mol. The molecule has 1 heterocycles. The van der Waals surface area contributed by atoms with Crippen molar-refractivity contribution in [2.24, 2.45) is 0 Å². The minimum absolute atomic E-state index is 0.333. The standard InChI is InChI=1S/C24H21F2N3O2S/c1-15-4-6-20(7-5-15)29-23(17-10-21(30-2)13-22(11-17)31-3)27-28-24(29)32-14-16-8-18(25)12-19(26)9-16/h4-13H,14H2,1-3H3. The molecule has 4 rings (SSSR count). The van der Waals surface area contributed by atoms with Crippen LogP contribution in [0.1, 0.15) is 11.1 Å². The van der Waals surface area contributed by atoms with Crippen molar-refractivity contribution in [3.05, 3.63) is 83.4 Å². The molecule has 164 valence electrons. The van der Waals surface area contributed by atoms with Gasteiger partial charge in [-0.3, -0.25) is 4.57 Å². The first kappa shape index (κ1) is 21.8. The van der Waals surface area contributed by atoms with Crippen LogP contribution in [0.3, 0.4) is 0 Å². The second kappa shape index (κ2) is 9.40. The predicted octanol–water partition coefficient (Wildman–Crippen LogP) is 5.83. The van der Waals surface area contributed by atoms with Gasteiger partial charge in [0.25, 0.3) is 0 Å². The normalized spacial score (nSPS) is 10.9. The Morgan fingerprint density at radius 1 is 0.844 bits per heavy atom. The maximum Gasteiger partial charge on any atom is 0.196 e. The maximum absolute atomic E-state index is 13.6. The summed E-state index contributed by atoms with van der Waals surface area (Å²) < 4.78 is 39.9. The molecule has 8 heteroatoms. The summed E-state index contributed by atoms with van der Waals surface area (Å²) >= 11 is 1.35. The molecule has 0 spiro atoms. The van der Waals surface area contributed by atoms with Gasteiger partial charge in [-0.05, 0) is 48.9 Å². The average Bonchev–Trinajstić information content (AvgIpc) is 3.21. The van der Waals surface area contributed by atoms with E-state index in [9.17, 15) is 8.78 Å². The molecule has 0 bridgehead atoms. The Bertz CT molecular complexity index is 1200. The first-order valence-electron chi connectivity index (χ1n) is 9.80. The zero-order valence-corrected chi connectivity index (χ0v) is 18.6. The van der Waals surface area contributed by atoms with Crippen LogP contribution in [-0.2, 0) is 5.75 Å². The number of hydrogen-bond donors (Lipinski definition) is 0. The number of hydrogen-bond acceptors (Lipinski definition) is 5. The van der Waals surface area contributed by atoms with Crippen LogP contribution < -0.4 is 9.47 Å². The highest BCUT2D eigenvalue weighted by molar-refractivity contribution is 7.98. The van der Waals surface area contributed by atoms with Crippen LogP contribution >= 0.6 is 11.8 Å². The summed E-state index contributed by atoms with van der Waals surface area (Å²) in [7, 11) is 3.17. The summed E-state index contributed by atoms with van der Waals surface area (Å²) in [5.41, 5.74) is 3.27. The van der Waals surface area contributed by atoms with E-state index in [2.05, 4.69) is 10.2 Å². The molecule has 0 aliphatic carbocycles. The van der Waals surface area contributed by atoms with E-state index in [4.69, 9.17) is 9.47 Å². The van der Waals surface area contributed by atoms with Crippen LogP contribution in [0.2, 0.25) is 0 Å². The minimum Gasteiger partial charge on any atom is -0.497 e. The Labute approximate surface area is 189 Å². The Balaban J connectivity index is 1.78. The molecule has 0 aliphatic heterocycles. The molecule has 0 saturated heterocycles. The van der Waals surface area contributed by atoms with E-state index >= 15 is 0 Å². The second-order valence-electron chi connectivity index (χ2n) is 7.14. The molecule has 1 aromatic heterocycles. The number of ether oxygens (including phenoxy) is 2. The van der Waals surface area contributed by atoms with Crippen molar-refractivity contribution in [2.45, 2.75) is 17.8 Å². The van der Waals surface area contributed by atoms with E-state index in [-0.39, 0.29) is 0 Å². The summed E-state index contributed by atoms with van der Waals surface area (Å²) in [6, 6.07) is 16.9. The fraction of sp³-hybridized carbons (Fsp3) is 0.167. The zero-order valence-electron chi connectivity index (χ0n) is 17.8. The molecule has 4 aromatic rings. The second-order valence-corrected chi connectivity index (χ2v) is 8.09. The molecule has 32 heavy (non-hydrogen) atoms. The van der Waals surface area contributed by atoms with E-state index in [1.54, 1.807) is 20.3 Å². The van der Waals surface area contributed by atoms with Gasteiger partial charge in [0.2, 0.25) is 0 Å². The highest BCUT2D eigenvalue weighted by atomic mass is 32.2. The third-order valence-electron chi connectivity index (χ3n) is 4.83. The topological polar surface area (TPSA) is 49.2 Å². The number of thioether (sulfide) groups is 1. The van der Waals surface area contributed by atoms with Gasteiger partial charge in [0.15, 0.2) is 11.0 Å². The number of methoxy groups -OCH3 is 2. The fourth-order valence-corrected chi connectivity index (χ4v) is 4.14. The lowest BCUT2D eigenvalue weighted by atomic mass is 10.1. The fourth-order valence-electron chi connectivity index (χ4n) is 3.26. The van der Waals surface area contributed by atoms with Gasteiger partial charge in [-0.2, -0.15) is 0 Å². The molecular weight excluding hydrogens is 432 g/mol. The van der Waals surface area contributed by atoms with Gasteiger partial charge in [-0.1, -0.05) is 29.5 Å². The molecule has 0 atom stereocenters. The monoisotopic (exact) mass is 453 g/mol. The molecule has 3 aromatic carbocycles. The summed E-state index contributed by atoms with van der Waals surface area (Å²) in [6.07, 6.45) is 0. The van der Waals surface area contributed by atoms with E-state index in [0.29, 0.717) is 33.8 Å². The SMILES string of the molecule is COc1cc(OC)cc(-c2nnc(SCc3cc(F)cc(F)c3)n2-c2ccc(C)cc2)c1. The van der Waals surface area contributed by atoms with Gasteiger partial charge in [0.05, 0.1) is 14.2 Å². The minimum atomic E-state index is -0.607. The smallest absolute Gasteiger partial charge is 0.196 e. The number of rotatable bonds is 7. The molecule has 0 aliphatic rings. The molecule has 0 amide bonds. The molecule has 0 unspecified atom stereocenters. The summed E-state index contributed by atoms with van der Waals surface area (Å²) in [6.45, 7) is 2.01. The van der Waals surface area contributed by atoms with Crippen molar-refractivity contribution in [1.29, 1.82) is 0 Å². The van der Waals surface area contributed by atoms with Crippen LogP contribution in [0.25, 0.3) is 17.1 Å². The highest BCUT2D eigenvalue weighted by Gasteiger charge is 2.18. The molecule has 0 N–H and O–H groups in total. The van der Waals surface area contributed by atoms with Crippen molar-refractivity contribution in [3.63, 3.8) is 0 Å². The Morgan fingerprint density at radius 3 is 2.06 bits per heavy atom. The Hall–Kier alpha value is -3.39. The Kier molecular flexibility index (Phi) is 6.41. The van der Waals surface area contributed by atoms with Crippen LogP contribution in [-0.4, -0.2) is 29.0 Å². The van der Waals surface area contributed by atoms with Gasteiger partial charge < -0.3 is 9.47 Å². The van der Waals surface area contributed by atoms with E-state index in [1.165, 1.54) is 23.9 Å². The highest BCUT2D eigenvalue weighted by Crippen LogP contribution is 2.34. The largest absolute Gasteiger partial charge is 0.497 e. The summed E-state index contributed by atoms with van der Waals surface area (Å²) in [4.78, 5) is 0. The van der Waals surface area contributed by atoms with Crippen molar-refractivity contribution in [3.8, 4) is 28.6 Å². The number of halogens is 2. The molecular formula is C24H21F2N3O2S. The van der Waals surface area contributed by atoms with Gasteiger partial charge in [0, 0.05) is 29.1 Å². The van der Waals surface area contributed by atoms with Gasteiger partial charge in [-0.25, -0.2) is 8.78 Å². The summed E-state index contributed by atoms with van der Waals surface area (Å²) in [5, 5.41) is 9.38. The lowest BCUT2D eigenvalue weighted by molar-refractivity contribution is 0.394. The van der Waals surface area contributed by atoms with Gasteiger partial charge in [0.1, 0.15) is 23.1 Å². The lowest BCUT2D eigenvalue weighted by Crippen LogP contribution is -2.01. The van der Waals surface area contributed by atoms with Crippen molar-refractivity contribution in [2.75, 3.05) is 14.2 Å². The first-order valence-corrected chi connectivity index (χ1v) is 10.8. The third kappa shape index (κ3) is 4.75. The van der Waals surface area contributed by atoms with Crippen LogP contribution in [0, 0.1) is 18.6 Å². The third-order valence-corrected chi connectivity index (χ3v) is 5.83. The van der Waals surface area contributed by atoms with Crippen molar-refractivity contribution >= 4 is 11.8 Å². The number of aryl methyl sites for hydroxylation is 1. The first-order chi connectivity index (χ1) is 15.5. The van der Waals surface area contributed by atoms with E-state index < -0.39 is 11.6 Å². The summed E-state index contributed by atoms with van der Waals surface area (Å²) in [5.74, 6) is 0.970.